The predicted molar refractivity (Wildman–Crippen MR) is 51.4 cm³/mol. The Balaban J connectivity index is 2.47. The molecule has 3 heteroatoms. The van der Waals surface area contributed by atoms with E-state index in [1.54, 1.807) is 6.07 Å². The molecule has 2 rings (SSSR count). The first-order valence-corrected chi connectivity index (χ1v) is 4.77. The van der Waals surface area contributed by atoms with Crippen LogP contribution in [-0.4, -0.2) is 6.04 Å². The monoisotopic (exact) mass is 199 g/mol. The van der Waals surface area contributed by atoms with E-state index < -0.39 is 0 Å². The largest absolute Gasteiger partial charge is 0.327 e. The highest BCUT2D eigenvalue weighted by Gasteiger charge is 2.18. The summed E-state index contributed by atoms with van der Waals surface area (Å²) in [6.07, 6.45) is 2.56. The Labute approximate surface area is 81.7 Å². The zero-order chi connectivity index (χ0) is 9.42. The molecular formula is C10H11ClFN. The fourth-order valence-electron chi connectivity index (χ4n) is 1.83. The third kappa shape index (κ3) is 1.69. The van der Waals surface area contributed by atoms with Gasteiger partial charge >= 0.3 is 0 Å². The topological polar surface area (TPSA) is 26.0 Å². The second-order valence-electron chi connectivity index (χ2n) is 3.53. The summed E-state index contributed by atoms with van der Waals surface area (Å²) in [4.78, 5) is 0. The summed E-state index contributed by atoms with van der Waals surface area (Å²) in [5, 5.41) is 0.543. The Kier molecular flexibility index (Phi) is 2.26. The zero-order valence-electron chi connectivity index (χ0n) is 7.19. The number of fused-ring (bicyclic) bond motifs is 1. The predicted octanol–water partition coefficient (Wildman–Crippen LogP) is 2.30. The van der Waals surface area contributed by atoms with Crippen molar-refractivity contribution in [2.45, 2.75) is 25.3 Å². The van der Waals surface area contributed by atoms with Crippen molar-refractivity contribution in [2.24, 2.45) is 5.73 Å². The highest BCUT2D eigenvalue weighted by atomic mass is 35.5. The first-order chi connectivity index (χ1) is 6.16. The molecule has 2 N–H and O–H groups in total. The van der Waals surface area contributed by atoms with Crippen molar-refractivity contribution >= 4 is 11.6 Å². The number of hydrogen-bond acceptors (Lipinski definition) is 1. The molecule has 0 bridgehead atoms. The van der Waals surface area contributed by atoms with Crippen LogP contribution >= 0.6 is 11.6 Å². The lowest BCUT2D eigenvalue weighted by Gasteiger charge is -2.22. The van der Waals surface area contributed by atoms with Crippen molar-refractivity contribution in [1.29, 1.82) is 0 Å². The molecule has 0 aliphatic heterocycles. The lowest BCUT2D eigenvalue weighted by Crippen LogP contribution is -2.28. The van der Waals surface area contributed by atoms with Crippen molar-refractivity contribution in [1.82, 2.24) is 0 Å². The molecule has 1 aromatic carbocycles. The number of benzene rings is 1. The molecule has 0 amide bonds. The van der Waals surface area contributed by atoms with Gasteiger partial charge in [-0.05, 0) is 42.5 Å². The van der Waals surface area contributed by atoms with Crippen LogP contribution in [0, 0.1) is 5.82 Å². The Hall–Kier alpha value is -0.600. The van der Waals surface area contributed by atoms with Crippen LogP contribution in [0.4, 0.5) is 4.39 Å². The quantitative estimate of drug-likeness (QED) is 0.682. The van der Waals surface area contributed by atoms with E-state index in [0.717, 1.165) is 30.4 Å². The summed E-state index contributed by atoms with van der Waals surface area (Å²) in [5.74, 6) is -0.266. The maximum absolute atomic E-state index is 13.0. The minimum Gasteiger partial charge on any atom is -0.327 e. The fraction of sp³-hybridized carbons (Fsp3) is 0.400. The van der Waals surface area contributed by atoms with Gasteiger partial charge in [0, 0.05) is 11.1 Å². The lowest BCUT2D eigenvalue weighted by molar-refractivity contribution is 0.566. The van der Waals surface area contributed by atoms with E-state index in [4.69, 9.17) is 17.3 Å². The minimum absolute atomic E-state index is 0.158. The number of halogens is 2. The van der Waals surface area contributed by atoms with Gasteiger partial charge in [0.25, 0.3) is 0 Å². The third-order valence-electron chi connectivity index (χ3n) is 2.50. The van der Waals surface area contributed by atoms with Gasteiger partial charge in [0.1, 0.15) is 5.82 Å². The smallest absolute Gasteiger partial charge is 0.124 e. The fourth-order valence-corrected chi connectivity index (χ4v) is 2.15. The van der Waals surface area contributed by atoms with Crippen LogP contribution in [0.15, 0.2) is 12.1 Å². The molecule has 0 unspecified atom stereocenters. The highest BCUT2D eigenvalue weighted by Crippen LogP contribution is 2.28. The van der Waals surface area contributed by atoms with Crippen molar-refractivity contribution in [3.05, 3.63) is 34.1 Å². The molecule has 0 fully saturated rings. The van der Waals surface area contributed by atoms with Crippen molar-refractivity contribution in [2.75, 3.05) is 0 Å². The molecule has 0 radical (unpaired) electrons. The summed E-state index contributed by atoms with van der Waals surface area (Å²) in [6, 6.07) is 3.07. The maximum Gasteiger partial charge on any atom is 0.124 e. The lowest BCUT2D eigenvalue weighted by atomic mass is 9.89. The van der Waals surface area contributed by atoms with Crippen LogP contribution in [0.5, 0.6) is 0 Å². The number of hydrogen-bond donors (Lipinski definition) is 1. The van der Waals surface area contributed by atoms with E-state index in [2.05, 4.69) is 0 Å². The molecule has 1 aromatic rings. The summed E-state index contributed by atoms with van der Waals surface area (Å²) in [5.41, 5.74) is 7.83. The molecule has 0 heterocycles. The van der Waals surface area contributed by atoms with Gasteiger partial charge in [0.15, 0.2) is 0 Å². The summed E-state index contributed by atoms with van der Waals surface area (Å²) >= 11 is 5.91. The average Bonchev–Trinajstić information content (AvgIpc) is 2.02. The van der Waals surface area contributed by atoms with Crippen LogP contribution in [0.1, 0.15) is 17.5 Å². The second-order valence-corrected chi connectivity index (χ2v) is 3.94. The van der Waals surface area contributed by atoms with E-state index in [0.29, 0.717) is 5.02 Å². The van der Waals surface area contributed by atoms with Gasteiger partial charge in [-0.1, -0.05) is 11.6 Å². The van der Waals surface area contributed by atoms with Crippen LogP contribution in [0.25, 0.3) is 0 Å². The summed E-state index contributed by atoms with van der Waals surface area (Å²) < 4.78 is 13.0. The molecule has 13 heavy (non-hydrogen) atoms. The van der Waals surface area contributed by atoms with Gasteiger partial charge in [0.05, 0.1) is 0 Å². The summed E-state index contributed by atoms with van der Waals surface area (Å²) in [6.45, 7) is 0. The minimum atomic E-state index is -0.266. The summed E-state index contributed by atoms with van der Waals surface area (Å²) in [7, 11) is 0. The molecule has 1 nitrogen and oxygen atoms in total. The van der Waals surface area contributed by atoms with E-state index in [1.165, 1.54) is 6.07 Å². The maximum atomic E-state index is 13.0. The number of nitrogens with two attached hydrogens (primary N) is 1. The van der Waals surface area contributed by atoms with Crippen LogP contribution in [0.2, 0.25) is 5.02 Å². The van der Waals surface area contributed by atoms with Crippen LogP contribution in [-0.2, 0) is 12.8 Å². The molecule has 0 spiro atoms. The van der Waals surface area contributed by atoms with Gasteiger partial charge < -0.3 is 5.73 Å². The Morgan fingerprint density at radius 2 is 2.23 bits per heavy atom. The molecule has 1 atom stereocenters. The zero-order valence-corrected chi connectivity index (χ0v) is 7.94. The van der Waals surface area contributed by atoms with E-state index in [1.807, 2.05) is 0 Å². The van der Waals surface area contributed by atoms with Gasteiger partial charge in [-0.2, -0.15) is 0 Å². The highest BCUT2D eigenvalue weighted by molar-refractivity contribution is 6.31. The van der Waals surface area contributed by atoms with Crippen molar-refractivity contribution < 1.29 is 4.39 Å². The Morgan fingerprint density at radius 1 is 1.46 bits per heavy atom. The molecule has 70 valence electrons. The number of rotatable bonds is 0. The normalized spacial score (nSPS) is 21.3. The average molecular weight is 200 g/mol. The van der Waals surface area contributed by atoms with Gasteiger partial charge in [0.2, 0.25) is 0 Å². The van der Waals surface area contributed by atoms with Crippen LogP contribution < -0.4 is 5.73 Å². The van der Waals surface area contributed by atoms with Gasteiger partial charge in [-0.25, -0.2) is 4.39 Å². The van der Waals surface area contributed by atoms with Crippen LogP contribution in [0.3, 0.4) is 0 Å². The van der Waals surface area contributed by atoms with E-state index in [-0.39, 0.29) is 11.9 Å². The first-order valence-electron chi connectivity index (χ1n) is 4.39. The van der Waals surface area contributed by atoms with Crippen molar-refractivity contribution in [3.63, 3.8) is 0 Å². The van der Waals surface area contributed by atoms with E-state index >= 15 is 0 Å². The molecule has 0 aromatic heterocycles. The van der Waals surface area contributed by atoms with Crippen molar-refractivity contribution in [3.8, 4) is 0 Å². The molecule has 1 aliphatic rings. The second kappa shape index (κ2) is 3.28. The van der Waals surface area contributed by atoms with E-state index in [9.17, 15) is 4.39 Å². The molecule has 0 saturated carbocycles. The molecular weight excluding hydrogens is 189 g/mol. The standard InChI is InChI=1S/C10H11ClFN/c11-10-5-7(12)3-6-4-8(13)1-2-9(6)10/h3,5,8H,1-2,4,13H2/t8-/m1/s1. The van der Waals surface area contributed by atoms with Gasteiger partial charge in [-0.15, -0.1) is 0 Å². The Morgan fingerprint density at radius 3 is 3.00 bits per heavy atom. The van der Waals surface area contributed by atoms with Gasteiger partial charge in [-0.3, -0.25) is 0 Å². The SMILES string of the molecule is N[C@@H]1CCc2c(Cl)cc(F)cc2C1. The Bertz CT molecular complexity index is 338. The first kappa shape index (κ1) is 8.97. The molecule has 1 aliphatic carbocycles. The molecule has 0 saturated heterocycles. The third-order valence-corrected chi connectivity index (χ3v) is 2.84.